The highest BCUT2D eigenvalue weighted by Crippen LogP contribution is 2.43. The maximum atomic E-state index is 5.74. The van der Waals surface area contributed by atoms with Gasteiger partial charge < -0.3 is 4.74 Å². The van der Waals surface area contributed by atoms with Crippen molar-refractivity contribution in [1.82, 2.24) is 0 Å². The summed E-state index contributed by atoms with van der Waals surface area (Å²) in [6, 6.07) is 6.70. The SMILES string of the molecule is CC(C)c1cccc(CC2CC2C)c1OCCl. The highest BCUT2D eigenvalue weighted by molar-refractivity contribution is 6.17. The van der Waals surface area contributed by atoms with E-state index in [2.05, 4.69) is 39.0 Å². The van der Waals surface area contributed by atoms with E-state index in [9.17, 15) is 0 Å². The topological polar surface area (TPSA) is 9.23 Å². The molecule has 0 aliphatic heterocycles. The summed E-state index contributed by atoms with van der Waals surface area (Å²) in [6.45, 7) is 6.71. The molecule has 2 atom stereocenters. The van der Waals surface area contributed by atoms with Gasteiger partial charge in [0.15, 0.2) is 6.07 Å². The molecule has 1 aromatic rings. The van der Waals surface area contributed by atoms with Crippen LogP contribution in [0.2, 0.25) is 0 Å². The predicted molar refractivity (Wildman–Crippen MR) is 72.9 cm³/mol. The van der Waals surface area contributed by atoms with Crippen LogP contribution in [0.4, 0.5) is 0 Å². The van der Waals surface area contributed by atoms with Crippen LogP contribution in [0.1, 0.15) is 44.2 Å². The molecule has 2 rings (SSSR count). The number of hydrogen-bond donors (Lipinski definition) is 0. The predicted octanol–water partition coefficient (Wildman–Crippen LogP) is 4.58. The molecule has 0 spiro atoms. The van der Waals surface area contributed by atoms with Crippen molar-refractivity contribution in [2.45, 2.75) is 39.5 Å². The number of para-hydroxylation sites is 1. The molecule has 2 heteroatoms. The molecular weight excluding hydrogens is 232 g/mol. The van der Waals surface area contributed by atoms with E-state index in [1.165, 1.54) is 17.5 Å². The molecule has 1 aliphatic rings. The van der Waals surface area contributed by atoms with Gasteiger partial charge in [-0.1, -0.05) is 50.6 Å². The number of alkyl halides is 1. The van der Waals surface area contributed by atoms with Gasteiger partial charge in [-0.2, -0.15) is 0 Å². The van der Waals surface area contributed by atoms with Gasteiger partial charge in [0.2, 0.25) is 0 Å². The van der Waals surface area contributed by atoms with E-state index < -0.39 is 0 Å². The fraction of sp³-hybridized carbons (Fsp3) is 0.600. The monoisotopic (exact) mass is 252 g/mol. The maximum absolute atomic E-state index is 5.74. The van der Waals surface area contributed by atoms with Crippen molar-refractivity contribution in [3.05, 3.63) is 29.3 Å². The molecule has 1 fully saturated rings. The standard InChI is InChI=1S/C15H21ClO/c1-10(2)14-6-4-5-12(15(14)17-9-16)8-13-7-11(13)3/h4-6,10-11,13H,7-9H2,1-3H3. The van der Waals surface area contributed by atoms with Crippen LogP contribution in [-0.4, -0.2) is 6.07 Å². The molecule has 0 aromatic heterocycles. The molecule has 1 saturated carbocycles. The molecule has 0 amide bonds. The normalized spacial score (nSPS) is 22.9. The summed E-state index contributed by atoms with van der Waals surface area (Å²) in [5, 5.41) is 0. The Morgan fingerprint density at radius 3 is 2.65 bits per heavy atom. The zero-order valence-electron chi connectivity index (χ0n) is 10.9. The summed E-state index contributed by atoms with van der Waals surface area (Å²) in [5.41, 5.74) is 2.60. The van der Waals surface area contributed by atoms with Crippen LogP contribution in [0.15, 0.2) is 18.2 Å². The first kappa shape index (κ1) is 12.8. The fourth-order valence-corrected chi connectivity index (χ4v) is 2.53. The van der Waals surface area contributed by atoms with E-state index in [1.54, 1.807) is 0 Å². The lowest BCUT2D eigenvalue weighted by Crippen LogP contribution is -2.02. The summed E-state index contributed by atoms with van der Waals surface area (Å²) in [4.78, 5) is 0. The minimum Gasteiger partial charge on any atom is -0.477 e. The first-order valence-corrected chi connectivity index (χ1v) is 6.97. The van der Waals surface area contributed by atoms with Crippen LogP contribution in [0.5, 0.6) is 5.75 Å². The number of ether oxygens (including phenoxy) is 1. The van der Waals surface area contributed by atoms with Gasteiger partial charge in [-0.05, 0) is 41.7 Å². The number of halogens is 1. The van der Waals surface area contributed by atoms with Gasteiger partial charge in [0.1, 0.15) is 5.75 Å². The van der Waals surface area contributed by atoms with E-state index in [1.807, 2.05) is 0 Å². The average Bonchev–Trinajstić information content (AvgIpc) is 2.97. The molecule has 0 N–H and O–H groups in total. The second kappa shape index (κ2) is 5.30. The maximum Gasteiger partial charge on any atom is 0.162 e. The summed E-state index contributed by atoms with van der Waals surface area (Å²) < 4.78 is 5.66. The minimum absolute atomic E-state index is 0.233. The van der Waals surface area contributed by atoms with Crippen LogP contribution in [-0.2, 0) is 6.42 Å². The summed E-state index contributed by atoms with van der Waals surface area (Å²) in [6.07, 6.45) is 2.49. The van der Waals surface area contributed by atoms with Crippen LogP contribution in [0, 0.1) is 11.8 Å². The summed E-state index contributed by atoms with van der Waals surface area (Å²) >= 11 is 5.74. The van der Waals surface area contributed by atoms with Crippen LogP contribution in [0.25, 0.3) is 0 Å². The van der Waals surface area contributed by atoms with Crippen LogP contribution in [0.3, 0.4) is 0 Å². The quantitative estimate of drug-likeness (QED) is 0.697. The Labute approximate surface area is 109 Å². The Morgan fingerprint density at radius 2 is 2.12 bits per heavy atom. The Kier molecular flexibility index (Phi) is 3.98. The van der Waals surface area contributed by atoms with Gasteiger partial charge >= 0.3 is 0 Å². The van der Waals surface area contributed by atoms with Crippen molar-refractivity contribution in [1.29, 1.82) is 0 Å². The Morgan fingerprint density at radius 1 is 1.41 bits per heavy atom. The molecule has 1 aliphatic carbocycles. The van der Waals surface area contributed by atoms with E-state index in [0.717, 1.165) is 24.0 Å². The van der Waals surface area contributed by atoms with Crippen LogP contribution >= 0.6 is 11.6 Å². The van der Waals surface area contributed by atoms with Gasteiger partial charge in [0.25, 0.3) is 0 Å². The van der Waals surface area contributed by atoms with Crippen molar-refractivity contribution >= 4 is 11.6 Å². The average molecular weight is 253 g/mol. The van der Waals surface area contributed by atoms with Crippen molar-refractivity contribution in [2.75, 3.05) is 6.07 Å². The lowest BCUT2D eigenvalue weighted by atomic mass is 9.96. The van der Waals surface area contributed by atoms with Gasteiger partial charge in [0.05, 0.1) is 0 Å². The third kappa shape index (κ3) is 2.95. The Bertz CT molecular complexity index is 387. The Hall–Kier alpha value is -0.690. The zero-order valence-corrected chi connectivity index (χ0v) is 11.6. The third-order valence-electron chi connectivity index (χ3n) is 3.71. The van der Waals surface area contributed by atoms with E-state index >= 15 is 0 Å². The van der Waals surface area contributed by atoms with Crippen molar-refractivity contribution in [3.63, 3.8) is 0 Å². The van der Waals surface area contributed by atoms with Gasteiger partial charge in [0, 0.05) is 0 Å². The van der Waals surface area contributed by atoms with Gasteiger partial charge in [-0.15, -0.1) is 0 Å². The third-order valence-corrected chi connectivity index (χ3v) is 3.82. The van der Waals surface area contributed by atoms with Crippen molar-refractivity contribution < 1.29 is 4.74 Å². The highest BCUT2D eigenvalue weighted by atomic mass is 35.5. The molecule has 1 aromatic carbocycles. The van der Waals surface area contributed by atoms with E-state index in [4.69, 9.17) is 16.3 Å². The van der Waals surface area contributed by atoms with E-state index in [-0.39, 0.29) is 6.07 Å². The van der Waals surface area contributed by atoms with Crippen LogP contribution < -0.4 is 4.74 Å². The molecule has 0 radical (unpaired) electrons. The second-order valence-corrected chi connectivity index (χ2v) is 5.64. The van der Waals surface area contributed by atoms with Crippen molar-refractivity contribution in [3.8, 4) is 5.75 Å². The first-order valence-electron chi connectivity index (χ1n) is 6.44. The molecular formula is C15H21ClO. The molecule has 0 saturated heterocycles. The van der Waals surface area contributed by atoms with Gasteiger partial charge in [-0.25, -0.2) is 0 Å². The van der Waals surface area contributed by atoms with E-state index in [0.29, 0.717) is 5.92 Å². The summed E-state index contributed by atoms with van der Waals surface area (Å²) in [5.74, 6) is 3.22. The van der Waals surface area contributed by atoms with Crippen molar-refractivity contribution in [2.24, 2.45) is 11.8 Å². The largest absolute Gasteiger partial charge is 0.477 e. The second-order valence-electron chi connectivity index (χ2n) is 5.42. The van der Waals surface area contributed by atoms with Gasteiger partial charge in [-0.3, -0.25) is 0 Å². The fourth-order valence-electron chi connectivity index (χ4n) is 2.42. The zero-order chi connectivity index (χ0) is 12.4. The molecule has 17 heavy (non-hydrogen) atoms. The molecule has 0 heterocycles. The number of rotatable bonds is 5. The lowest BCUT2D eigenvalue weighted by Gasteiger charge is -2.16. The molecule has 2 unspecified atom stereocenters. The highest BCUT2D eigenvalue weighted by Gasteiger charge is 2.33. The molecule has 1 nitrogen and oxygen atoms in total. The Balaban J connectivity index is 2.25. The minimum atomic E-state index is 0.233. The molecule has 0 bridgehead atoms. The molecule has 94 valence electrons. The smallest absolute Gasteiger partial charge is 0.162 e. The first-order chi connectivity index (χ1) is 8.13. The lowest BCUT2D eigenvalue weighted by molar-refractivity contribution is 0.376. The number of hydrogen-bond acceptors (Lipinski definition) is 1. The number of benzene rings is 1. The summed E-state index contributed by atoms with van der Waals surface area (Å²) in [7, 11) is 0.